The average molecular weight is 561 g/mol. The molecule has 8 aliphatic rings. The summed E-state index contributed by atoms with van der Waals surface area (Å²) in [4.78, 5) is 0. The van der Waals surface area contributed by atoms with Gasteiger partial charge in [0.05, 0.1) is 64.1 Å². The first-order chi connectivity index (χ1) is 19.6. The van der Waals surface area contributed by atoms with Crippen LogP contribution in [0.15, 0.2) is 0 Å². The largest absolute Gasteiger partial charge is 0.388 e. The maximum Gasteiger partial charge on any atom is 0.104 e. The molecule has 1 N–H and O–H groups in total. The summed E-state index contributed by atoms with van der Waals surface area (Å²) < 4.78 is 36.7. The Bertz CT molecular complexity index is 922. The van der Waals surface area contributed by atoms with Crippen molar-refractivity contribution in [2.24, 2.45) is 46.3 Å². The Labute approximate surface area is 240 Å². The molecule has 0 radical (unpaired) electrons. The second kappa shape index (κ2) is 10.4. The van der Waals surface area contributed by atoms with Gasteiger partial charge >= 0.3 is 0 Å². The lowest BCUT2D eigenvalue weighted by molar-refractivity contribution is -0.130. The maximum absolute atomic E-state index is 11.0. The second-order valence-corrected chi connectivity index (χ2v) is 14.9. The van der Waals surface area contributed by atoms with Crippen LogP contribution in [-0.2, 0) is 28.4 Å². The van der Waals surface area contributed by atoms with Gasteiger partial charge in [0.2, 0.25) is 0 Å². The predicted octanol–water partition coefficient (Wildman–Crippen LogP) is 4.38. The van der Waals surface area contributed by atoms with Gasteiger partial charge in [0.25, 0.3) is 0 Å². The third-order valence-electron chi connectivity index (χ3n) is 13.7. The molecule has 7 heteroatoms. The highest BCUT2D eigenvalue weighted by Gasteiger charge is 2.67. The molecule has 0 aromatic carbocycles. The minimum absolute atomic E-state index is 0.268. The van der Waals surface area contributed by atoms with E-state index in [2.05, 4.69) is 13.8 Å². The number of epoxide rings is 2. The van der Waals surface area contributed by atoms with E-state index in [1.165, 1.54) is 51.4 Å². The van der Waals surface area contributed by atoms with Crippen LogP contribution in [0.5, 0.6) is 0 Å². The smallest absolute Gasteiger partial charge is 0.104 e. The number of aliphatic hydroxyl groups is 1. The molecule has 0 amide bonds. The Hall–Kier alpha value is -0.280. The van der Waals surface area contributed by atoms with Crippen molar-refractivity contribution in [1.29, 1.82) is 0 Å². The van der Waals surface area contributed by atoms with Crippen LogP contribution in [0.25, 0.3) is 0 Å². The van der Waals surface area contributed by atoms with Gasteiger partial charge in [-0.2, -0.15) is 0 Å². The summed E-state index contributed by atoms with van der Waals surface area (Å²) in [5, 5.41) is 11.0. The number of fused-ring (bicyclic) bond motifs is 10. The lowest BCUT2D eigenvalue weighted by atomic mass is 9.64. The molecule has 0 aromatic rings. The summed E-state index contributed by atoms with van der Waals surface area (Å²) in [5.41, 5.74) is 0.618. The fourth-order valence-corrected chi connectivity index (χ4v) is 12.1. The summed E-state index contributed by atoms with van der Waals surface area (Å²) in [6, 6.07) is 0. The molecule has 2 saturated heterocycles. The third-order valence-corrected chi connectivity index (χ3v) is 13.7. The van der Waals surface area contributed by atoms with Crippen molar-refractivity contribution >= 4 is 0 Å². The fraction of sp³-hybridized carbons (Fsp3) is 1.00. The van der Waals surface area contributed by atoms with Gasteiger partial charge in [-0.05, 0) is 99.7 Å². The first kappa shape index (κ1) is 27.3. The van der Waals surface area contributed by atoms with Crippen LogP contribution in [0.3, 0.4) is 0 Å². The van der Waals surface area contributed by atoms with Crippen molar-refractivity contribution < 1.29 is 33.5 Å². The van der Waals surface area contributed by atoms with Crippen LogP contribution in [0.2, 0.25) is 0 Å². The van der Waals surface area contributed by atoms with Crippen LogP contribution in [0, 0.1) is 46.3 Å². The zero-order chi connectivity index (χ0) is 27.1. The van der Waals surface area contributed by atoms with Crippen LogP contribution >= 0.6 is 0 Å². The highest BCUT2D eigenvalue weighted by molar-refractivity contribution is 5.16. The molecule has 6 saturated carbocycles. The molecule has 226 valence electrons. The molecule has 40 heavy (non-hydrogen) atoms. The van der Waals surface area contributed by atoms with E-state index in [0.29, 0.717) is 78.6 Å². The number of rotatable bonds is 14. The zero-order valence-corrected chi connectivity index (χ0v) is 24.7. The Morgan fingerprint density at radius 3 is 1.73 bits per heavy atom. The summed E-state index contributed by atoms with van der Waals surface area (Å²) in [7, 11) is 0. The first-order valence-corrected chi connectivity index (χ1v) is 16.9. The molecule has 4 bridgehead atoms. The van der Waals surface area contributed by atoms with Gasteiger partial charge in [-0.25, -0.2) is 0 Å². The Balaban J connectivity index is 0.825. The van der Waals surface area contributed by atoms with Crippen molar-refractivity contribution in [1.82, 2.24) is 0 Å². The van der Waals surface area contributed by atoms with Crippen molar-refractivity contribution in [3.63, 3.8) is 0 Å². The molecule has 6 aliphatic carbocycles. The molecule has 2 heterocycles. The normalized spacial score (nSPS) is 53.8. The molecule has 15 atom stereocenters. The topological polar surface area (TPSA) is 82.2 Å². The van der Waals surface area contributed by atoms with Gasteiger partial charge in [0, 0.05) is 10.8 Å². The van der Waals surface area contributed by atoms with E-state index in [4.69, 9.17) is 28.4 Å². The number of hydrogen-bond acceptors (Lipinski definition) is 7. The van der Waals surface area contributed by atoms with Crippen molar-refractivity contribution in [2.75, 3.05) is 39.6 Å². The average Bonchev–Trinajstić information content (AvgIpc) is 3.67. The van der Waals surface area contributed by atoms with Crippen LogP contribution in [-0.4, -0.2) is 87.5 Å². The van der Waals surface area contributed by atoms with Gasteiger partial charge in [-0.15, -0.1) is 0 Å². The van der Waals surface area contributed by atoms with E-state index in [1.54, 1.807) is 0 Å². The van der Waals surface area contributed by atoms with Gasteiger partial charge in [0.15, 0.2) is 0 Å². The minimum Gasteiger partial charge on any atom is -0.388 e. The highest BCUT2D eigenvalue weighted by atomic mass is 16.6. The molecule has 0 aromatic heterocycles. The highest BCUT2D eigenvalue weighted by Crippen LogP contribution is 2.70. The van der Waals surface area contributed by atoms with Crippen LogP contribution in [0.4, 0.5) is 0 Å². The molecule has 0 spiro atoms. The van der Waals surface area contributed by atoms with E-state index in [9.17, 15) is 5.11 Å². The van der Waals surface area contributed by atoms with E-state index in [0.717, 1.165) is 39.3 Å². The predicted molar refractivity (Wildman–Crippen MR) is 148 cm³/mol. The van der Waals surface area contributed by atoms with E-state index >= 15 is 0 Å². The summed E-state index contributed by atoms with van der Waals surface area (Å²) in [5.74, 6) is 4.12. The van der Waals surface area contributed by atoms with E-state index < -0.39 is 6.10 Å². The Kier molecular flexibility index (Phi) is 7.11. The van der Waals surface area contributed by atoms with Crippen LogP contribution in [0.1, 0.15) is 78.1 Å². The van der Waals surface area contributed by atoms with E-state index in [1.807, 2.05) is 0 Å². The molecule has 2 aliphatic heterocycles. The van der Waals surface area contributed by atoms with Gasteiger partial charge < -0.3 is 33.5 Å². The molecule has 8 fully saturated rings. The molecule has 8 rings (SSSR count). The van der Waals surface area contributed by atoms with Gasteiger partial charge in [-0.1, -0.05) is 13.8 Å². The SMILES string of the molecule is CCC12C3CC(OCC4CO4)C(C3)C1CCC2OCC(O)COC1CC2CC1C1CCC(OCC3CO3)C21CC. The zero-order valence-electron chi connectivity index (χ0n) is 24.7. The number of ether oxygens (including phenoxy) is 6. The van der Waals surface area contributed by atoms with Crippen molar-refractivity contribution in [3.8, 4) is 0 Å². The van der Waals surface area contributed by atoms with Crippen molar-refractivity contribution in [3.05, 3.63) is 0 Å². The molecular formula is C33H52O7. The monoisotopic (exact) mass is 560 g/mol. The Morgan fingerprint density at radius 2 is 1.18 bits per heavy atom. The second-order valence-electron chi connectivity index (χ2n) is 14.9. The first-order valence-electron chi connectivity index (χ1n) is 16.9. The minimum atomic E-state index is -0.547. The Morgan fingerprint density at radius 1 is 0.675 bits per heavy atom. The lowest BCUT2D eigenvalue weighted by Crippen LogP contribution is -2.46. The lowest BCUT2D eigenvalue weighted by Gasteiger charge is -2.45. The molecule has 7 nitrogen and oxygen atoms in total. The number of hydrogen-bond donors (Lipinski definition) is 1. The maximum atomic E-state index is 11.0. The standard InChI is InChI=1S/C33H52O7/c1-3-32-20-10-25(29(12-20)38-17-22-15-35-22)27(32)5-7-30(32)39-14-21(34)13-37-28-11-19-9-24(28)26-6-8-31(33(19,26)4-2)40-18-23-16-36-23/h19-31,34H,3-18H2,1-2H3. The van der Waals surface area contributed by atoms with Crippen molar-refractivity contribution in [2.45, 2.75) is 121 Å². The van der Waals surface area contributed by atoms with E-state index in [-0.39, 0.29) is 17.6 Å². The third kappa shape index (κ3) is 4.22. The summed E-state index contributed by atoms with van der Waals surface area (Å²) >= 11 is 0. The molecule has 15 unspecified atom stereocenters. The van der Waals surface area contributed by atoms with Gasteiger partial charge in [0.1, 0.15) is 18.3 Å². The molecular weight excluding hydrogens is 508 g/mol. The number of aliphatic hydroxyl groups excluding tert-OH is 1. The fourth-order valence-electron chi connectivity index (χ4n) is 12.1. The van der Waals surface area contributed by atoms with Gasteiger partial charge in [-0.3, -0.25) is 0 Å². The quantitative estimate of drug-likeness (QED) is 0.316. The summed E-state index contributed by atoms with van der Waals surface area (Å²) in [6.07, 6.45) is 13.6. The summed E-state index contributed by atoms with van der Waals surface area (Å²) in [6.45, 7) is 8.84. The van der Waals surface area contributed by atoms with Crippen LogP contribution < -0.4 is 0 Å².